The molecule has 0 radical (unpaired) electrons. The number of nitrogens with zero attached hydrogens (tertiary/aromatic N) is 2. The van der Waals surface area contributed by atoms with Crippen LogP contribution in [-0.4, -0.2) is 56.8 Å². The zero-order valence-corrected chi connectivity index (χ0v) is 16.2. The molecule has 0 unspecified atom stereocenters. The van der Waals surface area contributed by atoms with Gasteiger partial charge in [-0.25, -0.2) is 12.8 Å². The number of piperazine rings is 1. The molecule has 1 aliphatic heterocycles. The zero-order chi connectivity index (χ0) is 19.6. The average Bonchev–Trinajstić information content (AvgIpc) is 2.64. The number of benzene rings is 2. The third kappa shape index (κ3) is 4.47. The number of anilines is 1. The lowest BCUT2D eigenvalue weighted by atomic mass is 10.2. The van der Waals surface area contributed by atoms with Gasteiger partial charge in [-0.15, -0.1) is 0 Å². The van der Waals surface area contributed by atoms with Crippen LogP contribution in [0.2, 0.25) is 5.02 Å². The fraction of sp³-hybridized carbons (Fsp3) is 0.278. The summed E-state index contributed by atoms with van der Waals surface area (Å²) in [4.78, 5) is 14.4. The molecule has 0 saturated carbocycles. The molecular formula is C18H19ClFN3O3S. The van der Waals surface area contributed by atoms with Gasteiger partial charge in [0.15, 0.2) is 0 Å². The van der Waals surface area contributed by atoms with E-state index in [1.807, 2.05) is 7.05 Å². The predicted molar refractivity (Wildman–Crippen MR) is 102 cm³/mol. The van der Waals surface area contributed by atoms with Crippen molar-refractivity contribution in [1.29, 1.82) is 0 Å². The second-order valence-corrected chi connectivity index (χ2v) is 8.68. The molecule has 2 aromatic carbocycles. The van der Waals surface area contributed by atoms with E-state index >= 15 is 0 Å². The summed E-state index contributed by atoms with van der Waals surface area (Å²) in [6, 6.07) is 9.51. The van der Waals surface area contributed by atoms with Crippen LogP contribution in [0.3, 0.4) is 0 Å². The molecule has 1 saturated heterocycles. The average molecular weight is 412 g/mol. The number of hydrogen-bond acceptors (Lipinski definition) is 4. The van der Waals surface area contributed by atoms with E-state index in [1.54, 1.807) is 0 Å². The highest BCUT2D eigenvalue weighted by Crippen LogP contribution is 2.21. The van der Waals surface area contributed by atoms with Crippen LogP contribution >= 0.6 is 11.6 Å². The van der Waals surface area contributed by atoms with E-state index in [0.717, 1.165) is 6.07 Å². The predicted octanol–water partition coefficient (Wildman–Crippen LogP) is 2.67. The largest absolute Gasteiger partial charge is 0.322 e. The van der Waals surface area contributed by atoms with E-state index in [2.05, 4.69) is 10.2 Å². The van der Waals surface area contributed by atoms with Crippen LogP contribution in [0.25, 0.3) is 0 Å². The summed E-state index contributed by atoms with van der Waals surface area (Å²) in [6.45, 7) is 2.23. The maximum atomic E-state index is 13.8. The molecule has 3 rings (SSSR count). The number of carbonyl (C=O) groups excluding carboxylic acids is 1. The van der Waals surface area contributed by atoms with Gasteiger partial charge in [-0.1, -0.05) is 11.6 Å². The van der Waals surface area contributed by atoms with E-state index < -0.39 is 21.7 Å². The quantitative estimate of drug-likeness (QED) is 0.839. The summed E-state index contributed by atoms with van der Waals surface area (Å²) >= 11 is 5.80. The van der Waals surface area contributed by atoms with Crippen molar-refractivity contribution in [3.63, 3.8) is 0 Å². The van der Waals surface area contributed by atoms with Crippen molar-refractivity contribution in [3.05, 3.63) is 58.9 Å². The van der Waals surface area contributed by atoms with Crippen LogP contribution < -0.4 is 5.32 Å². The Bertz CT molecular complexity index is 943. The summed E-state index contributed by atoms with van der Waals surface area (Å²) in [5.41, 5.74) is 0.174. The van der Waals surface area contributed by atoms with Crippen molar-refractivity contribution in [2.45, 2.75) is 4.90 Å². The van der Waals surface area contributed by atoms with Crippen LogP contribution in [0.1, 0.15) is 10.4 Å². The summed E-state index contributed by atoms with van der Waals surface area (Å²) in [7, 11) is -1.63. The first-order valence-electron chi connectivity index (χ1n) is 8.32. The van der Waals surface area contributed by atoms with E-state index in [1.165, 1.54) is 40.7 Å². The molecule has 27 heavy (non-hydrogen) atoms. The number of sulfonamides is 1. The Morgan fingerprint density at radius 3 is 2.33 bits per heavy atom. The third-order valence-electron chi connectivity index (χ3n) is 4.39. The van der Waals surface area contributed by atoms with Crippen LogP contribution in [0, 0.1) is 5.82 Å². The van der Waals surface area contributed by atoms with Crippen molar-refractivity contribution in [1.82, 2.24) is 9.21 Å². The Balaban J connectivity index is 1.73. The summed E-state index contributed by atoms with van der Waals surface area (Å²) < 4.78 is 40.6. The van der Waals surface area contributed by atoms with Gasteiger partial charge >= 0.3 is 0 Å². The molecule has 144 valence electrons. The Morgan fingerprint density at radius 1 is 1.07 bits per heavy atom. The van der Waals surface area contributed by atoms with E-state index in [-0.39, 0.29) is 15.5 Å². The summed E-state index contributed by atoms with van der Waals surface area (Å²) in [6.07, 6.45) is 0. The lowest BCUT2D eigenvalue weighted by Crippen LogP contribution is -2.46. The van der Waals surface area contributed by atoms with Crippen molar-refractivity contribution < 1.29 is 17.6 Å². The minimum Gasteiger partial charge on any atom is -0.322 e. The number of likely N-dealkylation sites (N-methyl/N-ethyl adjacent to an activating group) is 1. The first-order valence-corrected chi connectivity index (χ1v) is 10.1. The van der Waals surface area contributed by atoms with Gasteiger partial charge in [0, 0.05) is 36.9 Å². The highest BCUT2D eigenvalue weighted by molar-refractivity contribution is 7.89. The van der Waals surface area contributed by atoms with Gasteiger partial charge in [0.05, 0.1) is 10.5 Å². The van der Waals surface area contributed by atoms with Gasteiger partial charge in [0.1, 0.15) is 5.82 Å². The van der Waals surface area contributed by atoms with Crippen LogP contribution in [-0.2, 0) is 10.0 Å². The van der Waals surface area contributed by atoms with Gasteiger partial charge in [-0.3, -0.25) is 4.79 Å². The molecule has 0 bridgehead atoms. The topological polar surface area (TPSA) is 69.7 Å². The normalized spacial score (nSPS) is 16.3. The van der Waals surface area contributed by atoms with Gasteiger partial charge in [-0.05, 0) is 49.5 Å². The number of hydrogen-bond donors (Lipinski definition) is 1. The number of amides is 1. The van der Waals surface area contributed by atoms with Gasteiger partial charge in [-0.2, -0.15) is 4.31 Å². The molecule has 0 aliphatic carbocycles. The van der Waals surface area contributed by atoms with E-state index in [0.29, 0.717) is 31.9 Å². The molecule has 2 aromatic rings. The Hall–Kier alpha value is -2.00. The summed E-state index contributed by atoms with van der Waals surface area (Å²) in [5.74, 6) is -1.35. The molecule has 1 amide bonds. The molecule has 6 nitrogen and oxygen atoms in total. The van der Waals surface area contributed by atoms with Crippen LogP contribution in [0.4, 0.5) is 10.1 Å². The van der Waals surface area contributed by atoms with Crippen LogP contribution in [0.15, 0.2) is 47.4 Å². The van der Waals surface area contributed by atoms with Gasteiger partial charge < -0.3 is 10.2 Å². The van der Waals surface area contributed by atoms with Crippen molar-refractivity contribution >= 4 is 33.2 Å². The number of halogens is 2. The number of rotatable bonds is 4. The standard InChI is InChI=1S/C18H19ClFN3O3S/c1-22-8-10-23(11-9-22)27(25,26)15-5-3-14(4-6-15)21-18(24)16-12-13(19)2-7-17(16)20/h2-7,12H,8-11H2,1H3,(H,21,24). The highest BCUT2D eigenvalue weighted by Gasteiger charge is 2.27. The second-order valence-electron chi connectivity index (χ2n) is 6.31. The summed E-state index contributed by atoms with van der Waals surface area (Å²) in [5, 5.41) is 2.78. The van der Waals surface area contributed by atoms with Crippen LogP contribution in [0.5, 0.6) is 0 Å². The highest BCUT2D eigenvalue weighted by atomic mass is 35.5. The first-order chi connectivity index (χ1) is 12.8. The van der Waals surface area contributed by atoms with Crippen molar-refractivity contribution in [2.75, 3.05) is 38.5 Å². The fourth-order valence-electron chi connectivity index (χ4n) is 2.76. The Labute approximate surface area is 162 Å². The van der Waals surface area contributed by atoms with Gasteiger partial charge in [0.2, 0.25) is 10.0 Å². The Morgan fingerprint density at radius 2 is 1.70 bits per heavy atom. The zero-order valence-electron chi connectivity index (χ0n) is 14.7. The molecule has 0 aromatic heterocycles. The number of nitrogens with one attached hydrogen (secondary N) is 1. The molecule has 1 fully saturated rings. The van der Waals surface area contributed by atoms with Crippen molar-refractivity contribution in [3.8, 4) is 0 Å². The minimum atomic E-state index is -3.58. The third-order valence-corrected chi connectivity index (χ3v) is 6.53. The minimum absolute atomic E-state index is 0.152. The molecule has 0 atom stereocenters. The molecule has 1 N–H and O–H groups in total. The van der Waals surface area contributed by atoms with Gasteiger partial charge in [0.25, 0.3) is 5.91 Å². The second kappa shape index (κ2) is 7.93. The maximum absolute atomic E-state index is 13.8. The molecule has 0 spiro atoms. The smallest absolute Gasteiger partial charge is 0.258 e. The number of carbonyl (C=O) groups is 1. The molecular weight excluding hydrogens is 393 g/mol. The molecule has 1 heterocycles. The molecule has 1 aliphatic rings. The lowest BCUT2D eigenvalue weighted by molar-refractivity contribution is 0.102. The van der Waals surface area contributed by atoms with E-state index in [9.17, 15) is 17.6 Å². The fourth-order valence-corrected chi connectivity index (χ4v) is 4.35. The first kappa shape index (κ1) is 19.8. The SMILES string of the molecule is CN1CCN(S(=O)(=O)c2ccc(NC(=O)c3cc(Cl)ccc3F)cc2)CC1. The van der Waals surface area contributed by atoms with E-state index in [4.69, 9.17) is 11.6 Å². The lowest BCUT2D eigenvalue weighted by Gasteiger charge is -2.31. The van der Waals surface area contributed by atoms with Crippen molar-refractivity contribution in [2.24, 2.45) is 0 Å². The maximum Gasteiger partial charge on any atom is 0.258 e. The molecule has 9 heteroatoms. The monoisotopic (exact) mass is 411 g/mol. The Kier molecular flexibility index (Phi) is 5.81.